The molecule has 0 saturated carbocycles. The first-order valence-electron chi connectivity index (χ1n) is 7.41. The summed E-state index contributed by atoms with van der Waals surface area (Å²) in [6, 6.07) is 9.49. The van der Waals surface area contributed by atoms with Gasteiger partial charge in [0.05, 0.1) is 19.9 Å². The maximum Gasteiger partial charge on any atom is 0.265 e. The number of rotatable bonds is 6. The normalized spacial score (nSPS) is 11.5. The van der Waals surface area contributed by atoms with Gasteiger partial charge >= 0.3 is 0 Å². The molecule has 1 amide bonds. The number of carbonyl (C=O) groups excluding carboxylic acids is 1. The van der Waals surface area contributed by atoms with Crippen LogP contribution in [0.1, 0.15) is 12.5 Å². The largest absolute Gasteiger partial charge is 0.493 e. The molecule has 128 valence electrons. The van der Waals surface area contributed by atoms with Crippen molar-refractivity contribution in [2.75, 3.05) is 19.5 Å². The molecule has 2 aromatic carbocycles. The molecular formula is C18H20FNO4. The van der Waals surface area contributed by atoms with Crippen molar-refractivity contribution in [3.05, 3.63) is 47.8 Å². The molecule has 0 aliphatic rings. The van der Waals surface area contributed by atoms with Crippen LogP contribution in [-0.2, 0) is 4.79 Å². The Labute approximate surface area is 140 Å². The van der Waals surface area contributed by atoms with Gasteiger partial charge in [-0.3, -0.25) is 4.79 Å². The van der Waals surface area contributed by atoms with Crippen molar-refractivity contribution in [2.24, 2.45) is 0 Å². The van der Waals surface area contributed by atoms with Crippen LogP contribution in [0.25, 0.3) is 0 Å². The van der Waals surface area contributed by atoms with Crippen molar-refractivity contribution >= 4 is 11.6 Å². The Morgan fingerprint density at radius 2 is 1.71 bits per heavy atom. The predicted molar refractivity (Wildman–Crippen MR) is 89.4 cm³/mol. The zero-order chi connectivity index (χ0) is 17.7. The summed E-state index contributed by atoms with van der Waals surface area (Å²) in [5.41, 5.74) is 1.03. The molecule has 2 aromatic rings. The second-order valence-electron chi connectivity index (χ2n) is 5.23. The highest BCUT2D eigenvalue weighted by molar-refractivity contribution is 5.94. The summed E-state index contributed by atoms with van der Waals surface area (Å²) in [4.78, 5) is 12.3. The van der Waals surface area contributed by atoms with Gasteiger partial charge in [-0.25, -0.2) is 4.39 Å². The average Bonchev–Trinajstić information content (AvgIpc) is 2.57. The molecule has 5 nitrogen and oxygen atoms in total. The number of amides is 1. The monoisotopic (exact) mass is 333 g/mol. The van der Waals surface area contributed by atoms with Gasteiger partial charge in [-0.1, -0.05) is 12.1 Å². The number of hydrogen-bond acceptors (Lipinski definition) is 4. The minimum atomic E-state index is -0.880. The van der Waals surface area contributed by atoms with Crippen molar-refractivity contribution in [1.29, 1.82) is 0 Å². The Balaban J connectivity index is 2.18. The van der Waals surface area contributed by atoms with Gasteiger partial charge < -0.3 is 19.5 Å². The van der Waals surface area contributed by atoms with Crippen molar-refractivity contribution in [2.45, 2.75) is 20.0 Å². The van der Waals surface area contributed by atoms with E-state index < -0.39 is 17.8 Å². The van der Waals surface area contributed by atoms with E-state index in [0.29, 0.717) is 17.2 Å². The van der Waals surface area contributed by atoms with Crippen LogP contribution in [0.5, 0.6) is 17.2 Å². The molecule has 0 bridgehead atoms. The van der Waals surface area contributed by atoms with E-state index in [0.717, 1.165) is 5.56 Å². The molecule has 0 heterocycles. The zero-order valence-electron chi connectivity index (χ0n) is 14.1. The number of methoxy groups -OCH3 is 2. The summed E-state index contributed by atoms with van der Waals surface area (Å²) in [5.74, 6) is 0.241. The maximum atomic E-state index is 13.6. The molecule has 1 N–H and O–H groups in total. The van der Waals surface area contributed by atoms with E-state index in [-0.39, 0.29) is 5.69 Å². The summed E-state index contributed by atoms with van der Waals surface area (Å²) in [6.45, 7) is 3.46. The molecule has 0 aromatic heterocycles. The van der Waals surface area contributed by atoms with E-state index in [4.69, 9.17) is 14.2 Å². The first kappa shape index (κ1) is 17.6. The Morgan fingerprint density at radius 1 is 1.12 bits per heavy atom. The third-order valence-corrected chi connectivity index (χ3v) is 3.40. The Morgan fingerprint density at radius 3 is 2.25 bits per heavy atom. The summed E-state index contributed by atoms with van der Waals surface area (Å²) in [7, 11) is 3.01. The first-order valence-corrected chi connectivity index (χ1v) is 7.41. The minimum Gasteiger partial charge on any atom is -0.493 e. The van der Waals surface area contributed by atoms with Crippen LogP contribution in [0.3, 0.4) is 0 Å². The number of aryl methyl sites for hydroxylation is 1. The lowest BCUT2D eigenvalue weighted by Gasteiger charge is -2.19. The summed E-state index contributed by atoms with van der Waals surface area (Å²) >= 11 is 0. The number of ether oxygens (including phenoxy) is 3. The van der Waals surface area contributed by atoms with E-state index in [1.54, 1.807) is 31.2 Å². The SMILES string of the molecule is COc1cc(C)cc(OC)c1O[C@H](C)C(=O)Nc1ccccc1F. The summed E-state index contributed by atoms with van der Waals surface area (Å²) < 4.78 is 29.9. The lowest BCUT2D eigenvalue weighted by molar-refractivity contribution is -0.122. The topological polar surface area (TPSA) is 56.8 Å². The smallest absolute Gasteiger partial charge is 0.265 e. The third-order valence-electron chi connectivity index (χ3n) is 3.40. The van der Waals surface area contributed by atoms with Crippen LogP contribution in [0.4, 0.5) is 10.1 Å². The highest BCUT2D eigenvalue weighted by Gasteiger charge is 2.21. The number of carbonyl (C=O) groups is 1. The van der Waals surface area contributed by atoms with Crippen LogP contribution in [0, 0.1) is 12.7 Å². The highest BCUT2D eigenvalue weighted by Crippen LogP contribution is 2.39. The molecule has 0 aliphatic carbocycles. The molecule has 6 heteroatoms. The van der Waals surface area contributed by atoms with Crippen LogP contribution >= 0.6 is 0 Å². The predicted octanol–water partition coefficient (Wildman–Crippen LogP) is 3.56. The fourth-order valence-corrected chi connectivity index (χ4v) is 2.15. The van der Waals surface area contributed by atoms with E-state index in [2.05, 4.69) is 5.32 Å². The van der Waals surface area contributed by atoms with Gasteiger partial charge in [-0.15, -0.1) is 0 Å². The molecule has 2 rings (SSSR count). The molecule has 0 spiro atoms. The third kappa shape index (κ3) is 3.95. The van der Waals surface area contributed by atoms with Crippen LogP contribution < -0.4 is 19.5 Å². The van der Waals surface area contributed by atoms with E-state index in [9.17, 15) is 9.18 Å². The van der Waals surface area contributed by atoms with Gasteiger partial charge in [0.15, 0.2) is 17.6 Å². The van der Waals surface area contributed by atoms with Gasteiger partial charge in [0, 0.05) is 0 Å². The number of halogens is 1. The standard InChI is InChI=1S/C18H20FNO4/c1-11-9-15(22-3)17(16(10-11)23-4)24-12(2)18(21)20-14-8-6-5-7-13(14)19/h5-10,12H,1-4H3,(H,20,21)/t12-/m1/s1. The number of para-hydroxylation sites is 1. The fourth-order valence-electron chi connectivity index (χ4n) is 2.15. The summed E-state index contributed by atoms with van der Waals surface area (Å²) in [5, 5.41) is 2.50. The van der Waals surface area contributed by atoms with Gasteiger partial charge in [-0.05, 0) is 43.7 Å². The zero-order valence-corrected chi connectivity index (χ0v) is 14.1. The number of nitrogens with one attached hydrogen (secondary N) is 1. The Kier molecular flexibility index (Phi) is 5.63. The molecule has 1 atom stereocenters. The van der Waals surface area contributed by atoms with Crippen molar-refractivity contribution in [1.82, 2.24) is 0 Å². The second-order valence-corrected chi connectivity index (χ2v) is 5.23. The molecule has 0 fully saturated rings. The molecule has 24 heavy (non-hydrogen) atoms. The molecule has 0 unspecified atom stereocenters. The van der Waals surface area contributed by atoms with Crippen molar-refractivity contribution < 1.29 is 23.4 Å². The molecule has 0 aliphatic heterocycles. The number of anilines is 1. The fraction of sp³-hybridized carbons (Fsp3) is 0.278. The average molecular weight is 333 g/mol. The molecular weight excluding hydrogens is 313 g/mol. The van der Waals surface area contributed by atoms with Gasteiger partial charge in [0.1, 0.15) is 5.82 Å². The van der Waals surface area contributed by atoms with Gasteiger partial charge in [0.2, 0.25) is 5.75 Å². The van der Waals surface area contributed by atoms with E-state index >= 15 is 0 Å². The molecule has 0 radical (unpaired) electrons. The lowest BCUT2D eigenvalue weighted by Crippen LogP contribution is -2.30. The Hall–Kier alpha value is -2.76. The number of benzene rings is 2. The minimum absolute atomic E-state index is 0.0980. The van der Waals surface area contributed by atoms with E-state index in [1.807, 2.05) is 6.92 Å². The van der Waals surface area contributed by atoms with Gasteiger partial charge in [-0.2, -0.15) is 0 Å². The van der Waals surface area contributed by atoms with Gasteiger partial charge in [0.25, 0.3) is 5.91 Å². The van der Waals surface area contributed by atoms with Crippen LogP contribution in [0.2, 0.25) is 0 Å². The first-order chi connectivity index (χ1) is 11.5. The Bertz CT molecular complexity index is 708. The highest BCUT2D eigenvalue weighted by atomic mass is 19.1. The van der Waals surface area contributed by atoms with Crippen molar-refractivity contribution in [3.63, 3.8) is 0 Å². The summed E-state index contributed by atoms with van der Waals surface area (Å²) in [6.07, 6.45) is -0.880. The van der Waals surface area contributed by atoms with Crippen LogP contribution in [0.15, 0.2) is 36.4 Å². The maximum absolute atomic E-state index is 13.6. The van der Waals surface area contributed by atoms with Crippen LogP contribution in [-0.4, -0.2) is 26.2 Å². The quantitative estimate of drug-likeness (QED) is 0.878. The van der Waals surface area contributed by atoms with E-state index in [1.165, 1.54) is 26.4 Å². The number of hydrogen-bond donors (Lipinski definition) is 1. The second kappa shape index (κ2) is 7.68. The lowest BCUT2D eigenvalue weighted by atomic mass is 10.2. The molecule has 0 saturated heterocycles. The van der Waals surface area contributed by atoms with Crippen molar-refractivity contribution in [3.8, 4) is 17.2 Å².